The number of hydrogen-bond donors (Lipinski definition) is 2. The van der Waals surface area contributed by atoms with Crippen molar-refractivity contribution in [2.45, 2.75) is 38.5 Å². The van der Waals surface area contributed by atoms with Crippen LogP contribution in [0.5, 0.6) is 0 Å². The van der Waals surface area contributed by atoms with Crippen molar-refractivity contribution in [2.75, 3.05) is 11.2 Å². The molecule has 182 valence electrons. The number of urea groups is 1. The van der Waals surface area contributed by atoms with Crippen molar-refractivity contribution >= 4 is 48.6 Å². The monoisotopic (exact) mass is 511 g/mol. The number of hydrogen-bond acceptors (Lipinski definition) is 5. The SMILES string of the molecule is C=C(NC(C)C)c1ccc(C)c(-c2nc(S(C)=O)nc3c2CNC(=O)N3c2c(F)cccc2P)c1. The zero-order valence-corrected chi connectivity index (χ0v) is 21.9. The summed E-state index contributed by atoms with van der Waals surface area (Å²) in [7, 11) is 0.903. The number of fused-ring (bicyclic) bond motifs is 1. The Hall–Kier alpha value is -3.16. The second-order valence-electron chi connectivity index (χ2n) is 8.59. The van der Waals surface area contributed by atoms with Crippen LogP contribution in [0, 0.1) is 12.7 Å². The van der Waals surface area contributed by atoms with E-state index in [0.717, 1.165) is 22.4 Å². The molecule has 0 aliphatic carbocycles. The lowest BCUT2D eigenvalue weighted by molar-refractivity contribution is 0.246. The van der Waals surface area contributed by atoms with Crippen LogP contribution in [0.25, 0.3) is 17.0 Å². The van der Waals surface area contributed by atoms with Gasteiger partial charge in [0.15, 0.2) is 5.82 Å². The highest BCUT2D eigenvalue weighted by atomic mass is 32.2. The minimum Gasteiger partial charge on any atom is -0.383 e. The first kappa shape index (κ1) is 24.9. The second-order valence-corrected chi connectivity index (χ2v) is 10.5. The maximum Gasteiger partial charge on any atom is 0.328 e. The molecular formula is C25H27FN5O2PS. The molecule has 2 N–H and O–H groups in total. The summed E-state index contributed by atoms with van der Waals surface area (Å²) < 4.78 is 27.5. The molecule has 0 radical (unpaired) electrons. The summed E-state index contributed by atoms with van der Waals surface area (Å²) >= 11 is 0. The Morgan fingerprint density at radius 3 is 2.69 bits per heavy atom. The number of aryl methyl sites for hydroxylation is 1. The minimum atomic E-state index is -1.54. The average molecular weight is 512 g/mol. The van der Waals surface area contributed by atoms with Gasteiger partial charge in [-0.3, -0.25) is 4.21 Å². The largest absolute Gasteiger partial charge is 0.383 e. The summed E-state index contributed by atoms with van der Waals surface area (Å²) in [4.78, 5) is 23.3. The third-order valence-corrected chi connectivity index (χ3v) is 6.76. The predicted molar refractivity (Wildman–Crippen MR) is 142 cm³/mol. The summed E-state index contributed by atoms with van der Waals surface area (Å²) in [5.41, 5.74) is 4.56. The number of halogens is 1. The molecule has 0 fully saturated rings. The van der Waals surface area contributed by atoms with Crippen LogP contribution in [-0.4, -0.2) is 32.5 Å². The van der Waals surface area contributed by atoms with Crippen LogP contribution < -0.4 is 20.8 Å². The molecule has 35 heavy (non-hydrogen) atoms. The summed E-state index contributed by atoms with van der Waals surface area (Å²) in [5.74, 6) is -0.365. The first-order valence-electron chi connectivity index (χ1n) is 11.0. The van der Waals surface area contributed by atoms with Gasteiger partial charge in [0.25, 0.3) is 0 Å². The van der Waals surface area contributed by atoms with E-state index in [9.17, 15) is 13.4 Å². The molecule has 0 spiro atoms. The van der Waals surface area contributed by atoms with Crippen molar-refractivity contribution < 1.29 is 13.4 Å². The molecule has 1 aromatic heterocycles. The van der Waals surface area contributed by atoms with Gasteiger partial charge in [-0.05, 0) is 49.3 Å². The van der Waals surface area contributed by atoms with Crippen LogP contribution >= 0.6 is 9.24 Å². The van der Waals surface area contributed by atoms with Crippen LogP contribution in [-0.2, 0) is 17.3 Å². The number of amides is 2. The van der Waals surface area contributed by atoms with E-state index in [1.807, 2.05) is 39.0 Å². The number of carbonyl (C=O) groups is 1. The van der Waals surface area contributed by atoms with Gasteiger partial charge in [-0.2, -0.15) is 0 Å². The van der Waals surface area contributed by atoms with Gasteiger partial charge in [0, 0.05) is 29.1 Å². The number of aromatic nitrogens is 2. The smallest absolute Gasteiger partial charge is 0.328 e. The zero-order valence-electron chi connectivity index (χ0n) is 20.0. The number of rotatable bonds is 6. The summed E-state index contributed by atoms with van der Waals surface area (Å²) in [5, 5.41) is 6.67. The highest BCUT2D eigenvalue weighted by Gasteiger charge is 2.33. The molecule has 3 aromatic rings. The lowest BCUT2D eigenvalue weighted by atomic mass is 9.97. The number of benzene rings is 2. The number of nitrogens with one attached hydrogen (secondary N) is 2. The van der Waals surface area contributed by atoms with Gasteiger partial charge in [0.2, 0.25) is 5.16 Å². The molecule has 1 aliphatic rings. The molecule has 2 amide bonds. The maximum absolute atomic E-state index is 14.9. The number of anilines is 2. The molecule has 1 aliphatic heterocycles. The van der Waals surface area contributed by atoms with Gasteiger partial charge in [0.1, 0.15) is 5.82 Å². The lowest BCUT2D eigenvalue weighted by Crippen LogP contribution is -2.44. The van der Waals surface area contributed by atoms with Crippen LogP contribution in [0.15, 0.2) is 48.1 Å². The van der Waals surface area contributed by atoms with Crippen molar-refractivity contribution in [3.8, 4) is 11.3 Å². The quantitative estimate of drug-likeness (QED) is 0.383. The van der Waals surface area contributed by atoms with Crippen molar-refractivity contribution in [3.05, 3.63) is 65.5 Å². The van der Waals surface area contributed by atoms with Crippen LogP contribution in [0.3, 0.4) is 0 Å². The first-order valence-corrected chi connectivity index (χ1v) is 13.1. The third-order valence-electron chi connectivity index (χ3n) is 5.60. The fraction of sp³-hybridized carbons (Fsp3) is 0.240. The minimum absolute atomic E-state index is 0.0593. The molecular weight excluding hydrogens is 484 g/mol. The molecule has 4 rings (SSSR count). The Balaban J connectivity index is 1.98. The Kier molecular flexibility index (Phi) is 7.01. The summed E-state index contributed by atoms with van der Waals surface area (Å²) in [6, 6.07) is 10.1. The van der Waals surface area contributed by atoms with E-state index in [-0.39, 0.29) is 29.2 Å². The topological polar surface area (TPSA) is 87.2 Å². The van der Waals surface area contributed by atoms with Gasteiger partial charge < -0.3 is 10.6 Å². The van der Waals surface area contributed by atoms with Gasteiger partial charge in [-0.15, -0.1) is 9.24 Å². The van der Waals surface area contributed by atoms with Crippen molar-refractivity contribution in [1.29, 1.82) is 0 Å². The van der Waals surface area contributed by atoms with Crippen molar-refractivity contribution in [3.63, 3.8) is 0 Å². The predicted octanol–water partition coefficient (Wildman–Crippen LogP) is 4.16. The summed E-state index contributed by atoms with van der Waals surface area (Å²) in [6.45, 7) is 10.3. The standard InChI is InChI=1S/C25H27FN5O2PS/c1-13(2)28-15(4)16-10-9-14(3)17(11-16)21-18-12-27-25(32)31(22-19(26)7-6-8-20(22)34)23(18)30-24(29-21)35(5)33/h6-11,13,28H,4,12,34H2,1-3,5H3,(H,27,32). The van der Waals surface area contributed by atoms with E-state index in [2.05, 4.69) is 36.4 Å². The Morgan fingerprint density at radius 2 is 2.03 bits per heavy atom. The highest BCUT2D eigenvalue weighted by Crippen LogP contribution is 2.38. The maximum atomic E-state index is 14.9. The van der Waals surface area contributed by atoms with Gasteiger partial charge in [-0.25, -0.2) is 24.1 Å². The molecule has 2 atom stereocenters. The van der Waals surface area contributed by atoms with E-state index in [0.29, 0.717) is 16.6 Å². The molecule has 2 heterocycles. The molecule has 0 bridgehead atoms. The molecule has 0 saturated heterocycles. The second kappa shape index (κ2) is 9.84. The van der Waals surface area contributed by atoms with Crippen molar-refractivity contribution in [1.82, 2.24) is 20.6 Å². The molecule has 0 saturated carbocycles. The highest BCUT2D eigenvalue weighted by molar-refractivity contribution is 7.84. The van der Waals surface area contributed by atoms with Gasteiger partial charge in [-0.1, -0.05) is 30.8 Å². The van der Waals surface area contributed by atoms with Crippen LogP contribution in [0.4, 0.5) is 20.7 Å². The fourth-order valence-corrected chi connectivity index (χ4v) is 4.78. The van der Waals surface area contributed by atoms with E-state index in [4.69, 9.17) is 0 Å². The van der Waals surface area contributed by atoms with Crippen molar-refractivity contribution in [2.24, 2.45) is 0 Å². The fourth-order valence-electron chi connectivity index (χ4n) is 3.96. The number of nitrogens with zero attached hydrogens (tertiary/aromatic N) is 3. The number of carbonyl (C=O) groups excluding carboxylic acids is 1. The Bertz CT molecular complexity index is 1360. The summed E-state index contributed by atoms with van der Waals surface area (Å²) in [6.07, 6.45) is 1.47. The molecule has 7 nitrogen and oxygen atoms in total. The van der Waals surface area contributed by atoms with E-state index in [1.165, 1.54) is 17.2 Å². The Labute approximate surface area is 208 Å². The van der Waals surface area contributed by atoms with Crippen LogP contribution in [0.2, 0.25) is 0 Å². The van der Waals surface area contributed by atoms with E-state index >= 15 is 0 Å². The van der Waals surface area contributed by atoms with E-state index < -0.39 is 22.6 Å². The molecule has 2 aromatic carbocycles. The normalized spacial score (nSPS) is 13.9. The lowest BCUT2D eigenvalue weighted by Gasteiger charge is -2.31. The number of para-hydroxylation sites is 1. The third kappa shape index (κ3) is 4.83. The van der Waals surface area contributed by atoms with Crippen LogP contribution in [0.1, 0.15) is 30.5 Å². The van der Waals surface area contributed by atoms with Gasteiger partial charge in [0.05, 0.1) is 28.7 Å². The Morgan fingerprint density at radius 1 is 1.29 bits per heavy atom. The zero-order chi connectivity index (χ0) is 25.4. The molecule has 10 heteroatoms. The van der Waals surface area contributed by atoms with Gasteiger partial charge >= 0.3 is 6.03 Å². The average Bonchev–Trinajstić information content (AvgIpc) is 2.79. The van der Waals surface area contributed by atoms with E-state index in [1.54, 1.807) is 12.1 Å². The molecule has 2 unspecified atom stereocenters. The first-order chi connectivity index (χ1) is 16.6.